The van der Waals surface area contributed by atoms with Crippen LogP contribution >= 0.6 is 0 Å². The Bertz CT molecular complexity index is 1070. The van der Waals surface area contributed by atoms with E-state index in [1.807, 2.05) is 25.3 Å². The Hall–Kier alpha value is -3.55. The third-order valence-corrected chi connectivity index (χ3v) is 5.42. The third-order valence-electron chi connectivity index (χ3n) is 5.42. The van der Waals surface area contributed by atoms with Crippen LogP contribution in [0.4, 0.5) is 18.9 Å². The minimum atomic E-state index is -4.30. The van der Waals surface area contributed by atoms with Crippen molar-refractivity contribution >= 4 is 17.3 Å². The molecule has 0 atom stereocenters. The molecule has 2 aliphatic heterocycles. The van der Waals surface area contributed by atoms with Gasteiger partial charge in [0.2, 0.25) is 5.96 Å². The largest absolute Gasteiger partial charge is 0.416 e. The predicted octanol–water partition coefficient (Wildman–Crippen LogP) is 6.37. The Morgan fingerprint density at radius 3 is 2.35 bits per heavy atom. The van der Waals surface area contributed by atoms with Gasteiger partial charge in [0.05, 0.1) is 11.3 Å². The number of alkyl halides is 3. The first-order valence-electron chi connectivity index (χ1n) is 11.1. The molecule has 1 aromatic carbocycles. The Balaban J connectivity index is 0.000000204. The lowest BCUT2D eigenvalue weighted by Crippen LogP contribution is -2.45. The molecule has 34 heavy (non-hydrogen) atoms. The van der Waals surface area contributed by atoms with Gasteiger partial charge >= 0.3 is 6.18 Å². The van der Waals surface area contributed by atoms with Crippen LogP contribution in [0.3, 0.4) is 0 Å². The first-order valence-corrected chi connectivity index (χ1v) is 11.1. The quantitative estimate of drug-likeness (QED) is 0.567. The summed E-state index contributed by atoms with van der Waals surface area (Å²) in [7, 11) is 2.04. The van der Waals surface area contributed by atoms with Crippen molar-refractivity contribution in [2.24, 2.45) is 4.99 Å². The standard InChI is InChI=1S/C16H20N4.C10H10F3N/c1-13-12-15(14-6-8-17-9-7-14)18-16(19(13)2)20-10-4-3-5-11-20;1-7(2)14-9-5-3-4-8(6-9)10(11,12)13/h6-9,12H,1,3-5,10-11H2,2H3;3-6,14H,1H2,2H3. The van der Waals surface area contributed by atoms with Crippen molar-refractivity contribution in [3.8, 4) is 0 Å². The molecule has 1 N–H and O–H groups in total. The Kier molecular flexibility index (Phi) is 8.15. The molecule has 0 radical (unpaired) electrons. The number of likely N-dealkylation sites (N-methyl/N-ethyl adjacent to an activating group) is 1. The highest BCUT2D eigenvalue weighted by Crippen LogP contribution is 2.31. The number of pyridine rings is 1. The number of nitrogens with one attached hydrogen (secondary N) is 1. The second-order valence-electron chi connectivity index (χ2n) is 8.26. The van der Waals surface area contributed by atoms with Crippen LogP contribution in [0.5, 0.6) is 0 Å². The number of guanidine groups is 1. The van der Waals surface area contributed by atoms with Gasteiger partial charge in [0.15, 0.2) is 0 Å². The van der Waals surface area contributed by atoms with Gasteiger partial charge < -0.3 is 15.1 Å². The fourth-order valence-electron chi connectivity index (χ4n) is 3.67. The summed E-state index contributed by atoms with van der Waals surface area (Å²) in [5.41, 5.74) is 3.37. The van der Waals surface area contributed by atoms with E-state index in [1.165, 1.54) is 25.3 Å². The second-order valence-corrected chi connectivity index (χ2v) is 8.26. The summed E-state index contributed by atoms with van der Waals surface area (Å²) in [6.45, 7) is 11.5. The van der Waals surface area contributed by atoms with Crippen molar-refractivity contribution in [2.45, 2.75) is 32.4 Å². The molecule has 0 aliphatic carbocycles. The lowest BCUT2D eigenvalue weighted by molar-refractivity contribution is -0.137. The van der Waals surface area contributed by atoms with Gasteiger partial charge in [-0.2, -0.15) is 13.2 Å². The van der Waals surface area contributed by atoms with Crippen molar-refractivity contribution in [1.82, 2.24) is 14.8 Å². The number of benzene rings is 1. The Morgan fingerprint density at radius 2 is 1.74 bits per heavy atom. The molecule has 8 heteroatoms. The molecular weight excluding hydrogens is 439 g/mol. The molecule has 0 saturated carbocycles. The van der Waals surface area contributed by atoms with E-state index in [0.717, 1.165) is 48.1 Å². The zero-order valence-electron chi connectivity index (χ0n) is 19.6. The monoisotopic (exact) mass is 469 g/mol. The summed E-state index contributed by atoms with van der Waals surface area (Å²) in [4.78, 5) is 13.4. The van der Waals surface area contributed by atoms with Crippen LogP contribution in [0.2, 0.25) is 0 Å². The van der Waals surface area contributed by atoms with Crippen LogP contribution in [0.25, 0.3) is 5.70 Å². The average Bonchev–Trinajstić information content (AvgIpc) is 2.81. The second kappa shape index (κ2) is 11.0. The summed E-state index contributed by atoms with van der Waals surface area (Å²) in [5.74, 6) is 1.02. The van der Waals surface area contributed by atoms with Crippen LogP contribution in [0, 0.1) is 0 Å². The van der Waals surface area contributed by atoms with Gasteiger partial charge in [-0.3, -0.25) is 4.98 Å². The normalized spacial score (nSPS) is 16.2. The SMILES string of the molecule is C=C(C)Nc1cccc(C(F)(F)F)c1.C=C1C=C(c2ccncc2)N=C(N2CCCCC2)N1C. The van der Waals surface area contributed by atoms with E-state index >= 15 is 0 Å². The summed E-state index contributed by atoms with van der Waals surface area (Å²) >= 11 is 0. The smallest absolute Gasteiger partial charge is 0.360 e. The summed E-state index contributed by atoms with van der Waals surface area (Å²) in [6.07, 6.45) is 5.14. The number of hydrogen-bond acceptors (Lipinski definition) is 5. The molecule has 0 amide bonds. The minimum absolute atomic E-state index is 0.396. The number of piperidine rings is 1. The van der Waals surface area contributed by atoms with E-state index in [1.54, 1.807) is 25.4 Å². The molecule has 1 saturated heterocycles. The van der Waals surface area contributed by atoms with Crippen molar-refractivity contribution in [2.75, 3.05) is 25.5 Å². The van der Waals surface area contributed by atoms with E-state index in [-0.39, 0.29) is 0 Å². The molecule has 1 aromatic heterocycles. The van der Waals surface area contributed by atoms with Gasteiger partial charge in [0.1, 0.15) is 0 Å². The Labute approximate surface area is 199 Å². The lowest BCUT2D eigenvalue weighted by Gasteiger charge is -2.36. The van der Waals surface area contributed by atoms with E-state index in [9.17, 15) is 13.2 Å². The number of nitrogens with zero attached hydrogens (tertiary/aromatic N) is 4. The highest BCUT2D eigenvalue weighted by atomic mass is 19.4. The number of halogens is 3. The van der Waals surface area contributed by atoms with Crippen molar-refractivity contribution in [3.63, 3.8) is 0 Å². The zero-order valence-corrected chi connectivity index (χ0v) is 19.6. The molecular formula is C26H30F3N5. The fourth-order valence-corrected chi connectivity index (χ4v) is 3.67. The van der Waals surface area contributed by atoms with Crippen LogP contribution < -0.4 is 5.32 Å². The molecule has 0 bridgehead atoms. The zero-order chi connectivity index (χ0) is 24.7. The number of anilines is 1. The topological polar surface area (TPSA) is 43.8 Å². The van der Waals surface area contributed by atoms with Gasteiger partial charge in [0, 0.05) is 55.2 Å². The van der Waals surface area contributed by atoms with Crippen molar-refractivity contribution in [1.29, 1.82) is 0 Å². The number of aliphatic imine (C=N–C) groups is 1. The number of allylic oxidation sites excluding steroid dienone is 2. The first kappa shape index (κ1) is 25.1. The summed E-state index contributed by atoms with van der Waals surface area (Å²) in [6, 6.07) is 8.97. The molecule has 1 fully saturated rings. The van der Waals surface area contributed by atoms with Gasteiger partial charge in [-0.15, -0.1) is 0 Å². The van der Waals surface area contributed by atoms with Crippen LogP contribution in [-0.4, -0.2) is 40.9 Å². The number of likely N-dealkylation sites (tertiary alicyclic amines) is 1. The minimum Gasteiger partial charge on any atom is -0.360 e. The molecule has 5 nitrogen and oxygen atoms in total. The van der Waals surface area contributed by atoms with E-state index in [0.29, 0.717) is 11.4 Å². The third kappa shape index (κ3) is 6.73. The number of hydrogen-bond donors (Lipinski definition) is 1. The first-order chi connectivity index (χ1) is 16.1. The summed E-state index contributed by atoms with van der Waals surface area (Å²) < 4.78 is 36.8. The van der Waals surface area contributed by atoms with Crippen molar-refractivity contribution < 1.29 is 13.2 Å². The van der Waals surface area contributed by atoms with Gasteiger partial charge in [-0.05, 0) is 62.6 Å². The molecule has 0 spiro atoms. The highest BCUT2D eigenvalue weighted by Gasteiger charge is 2.30. The molecule has 180 valence electrons. The van der Waals surface area contributed by atoms with Gasteiger partial charge in [-0.1, -0.05) is 19.2 Å². The average molecular weight is 470 g/mol. The predicted molar refractivity (Wildman–Crippen MR) is 132 cm³/mol. The highest BCUT2D eigenvalue weighted by molar-refractivity contribution is 5.91. The number of rotatable bonds is 3. The van der Waals surface area contributed by atoms with E-state index in [2.05, 4.69) is 33.3 Å². The fraction of sp³-hybridized carbons (Fsp3) is 0.308. The van der Waals surface area contributed by atoms with Crippen LogP contribution in [-0.2, 0) is 6.18 Å². The maximum absolute atomic E-state index is 12.3. The van der Waals surface area contributed by atoms with Crippen LogP contribution in [0.1, 0.15) is 37.3 Å². The molecule has 4 rings (SSSR count). The Morgan fingerprint density at radius 1 is 1.06 bits per heavy atom. The maximum atomic E-state index is 12.3. The lowest BCUT2D eigenvalue weighted by atomic mass is 10.1. The molecule has 2 aromatic rings. The number of aromatic nitrogens is 1. The van der Waals surface area contributed by atoms with Gasteiger partial charge in [0.25, 0.3) is 0 Å². The maximum Gasteiger partial charge on any atom is 0.416 e. The van der Waals surface area contributed by atoms with Crippen molar-refractivity contribution in [3.05, 3.63) is 90.5 Å². The van der Waals surface area contributed by atoms with E-state index in [4.69, 9.17) is 4.99 Å². The van der Waals surface area contributed by atoms with Crippen LogP contribution in [0.15, 0.2) is 84.4 Å². The summed E-state index contributed by atoms with van der Waals surface area (Å²) in [5, 5.41) is 2.72. The van der Waals surface area contributed by atoms with Gasteiger partial charge in [-0.25, -0.2) is 4.99 Å². The molecule has 2 aliphatic rings. The molecule has 3 heterocycles. The van der Waals surface area contributed by atoms with E-state index < -0.39 is 11.7 Å². The molecule has 0 unspecified atom stereocenters.